The van der Waals surface area contributed by atoms with Gasteiger partial charge >= 0.3 is 0 Å². The predicted octanol–water partition coefficient (Wildman–Crippen LogP) is 2.91. The molecule has 0 saturated carbocycles. The molecule has 3 nitrogen and oxygen atoms in total. The number of hydrogen-bond acceptors (Lipinski definition) is 2. The molecule has 0 aliphatic carbocycles. The molecule has 0 saturated heterocycles. The summed E-state index contributed by atoms with van der Waals surface area (Å²) in [5, 5.41) is 16.0. The van der Waals surface area contributed by atoms with Crippen LogP contribution in [0.25, 0.3) is 10.9 Å². The fraction of sp³-hybridized carbons (Fsp3) is 0.533. The highest BCUT2D eigenvalue weighted by atomic mass is 16.3. The third-order valence-corrected chi connectivity index (χ3v) is 3.83. The van der Waals surface area contributed by atoms with E-state index in [0.29, 0.717) is 12.3 Å². The fourth-order valence-corrected chi connectivity index (χ4v) is 2.64. The van der Waals surface area contributed by atoms with E-state index in [0.717, 1.165) is 29.4 Å². The van der Waals surface area contributed by atoms with Crippen molar-refractivity contribution in [3.05, 3.63) is 30.0 Å². The van der Waals surface area contributed by atoms with Crippen LogP contribution in [0, 0.1) is 5.92 Å². The van der Waals surface area contributed by atoms with E-state index in [4.69, 9.17) is 0 Å². The van der Waals surface area contributed by atoms with Crippen LogP contribution in [0.2, 0.25) is 0 Å². The van der Waals surface area contributed by atoms with Gasteiger partial charge < -0.3 is 5.11 Å². The number of aryl methyl sites for hydroxylation is 1. The first-order valence-corrected chi connectivity index (χ1v) is 6.76. The second-order valence-electron chi connectivity index (χ2n) is 4.94. The molecule has 0 aliphatic rings. The van der Waals surface area contributed by atoms with Gasteiger partial charge in [0.1, 0.15) is 0 Å². The van der Waals surface area contributed by atoms with Gasteiger partial charge in [0.05, 0.1) is 17.3 Å². The molecule has 18 heavy (non-hydrogen) atoms. The smallest absolute Gasteiger partial charge is 0.0729 e. The van der Waals surface area contributed by atoms with Crippen molar-refractivity contribution in [2.45, 2.75) is 39.2 Å². The maximum absolute atomic E-state index is 10.3. The highest BCUT2D eigenvalue weighted by Gasteiger charge is 2.19. The summed E-state index contributed by atoms with van der Waals surface area (Å²) in [5.74, 6) is 0.366. The first-order chi connectivity index (χ1) is 8.67. The van der Waals surface area contributed by atoms with Gasteiger partial charge in [-0.2, -0.15) is 5.10 Å². The molecule has 1 heterocycles. The zero-order valence-corrected chi connectivity index (χ0v) is 11.4. The lowest BCUT2D eigenvalue weighted by molar-refractivity contribution is 0.102. The summed E-state index contributed by atoms with van der Waals surface area (Å²) in [4.78, 5) is 0. The molecule has 0 radical (unpaired) electrons. The van der Waals surface area contributed by atoms with Crippen LogP contribution in [0.5, 0.6) is 0 Å². The molecule has 0 bridgehead atoms. The van der Waals surface area contributed by atoms with Crippen LogP contribution in [0.4, 0.5) is 0 Å². The molecule has 1 unspecified atom stereocenters. The topological polar surface area (TPSA) is 38.1 Å². The van der Waals surface area contributed by atoms with E-state index in [9.17, 15) is 5.11 Å². The Morgan fingerprint density at radius 3 is 2.56 bits per heavy atom. The summed E-state index contributed by atoms with van der Waals surface area (Å²) in [6.45, 7) is 4.27. The highest BCUT2D eigenvalue weighted by Crippen LogP contribution is 2.22. The summed E-state index contributed by atoms with van der Waals surface area (Å²) in [6.07, 6.45) is 2.39. The number of fused-ring (bicyclic) bond motifs is 1. The van der Waals surface area contributed by atoms with Gasteiger partial charge in [0.2, 0.25) is 0 Å². The molecule has 2 rings (SSSR count). The van der Waals surface area contributed by atoms with E-state index < -0.39 is 0 Å². The summed E-state index contributed by atoms with van der Waals surface area (Å²) in [7, 11) is 1.95. The largest absolute Gasteiger partial charge is 0.392 e. The lowest BCUT2D eigenvalue weighted by Crippen LogP contribution is -2.22. The van der Waals surface area contributed by atoms with Crippen molar-refractivity contribution in [3.8, 4) is 0 Å². The van der Waals surface area contributed by atoms with Crippen LogP contribution >= 0.6 is 0 Å². The summed E-state index contributed by atoms with van der Waals surface area (Å²) < 4.78 is 1.89. The maximum Gasteiger partial charge on any atom is 0.0729 e. The Labute approximate surface area is 108 Å². The molecule has 98 valence electrons. The van der Waals surface area contributed by atoms with Crippen LogP contribution in [-0.4, -0.2) is 21.0 Å². The van der Waals surface area contributed by atoms with Crippen molar-refractivity contribution in [1.29, 1.82) is 0 Å². The number of hydrogen-bond donors (Lipinski definition) is 1. The molecule has 0 fully saturated rings. The summed E-state index contributed by atoms with van der Waals surface area (Å²) in [6, 6.07) is 8.19. The Kier molecular flexibility index (Phi) is 4.02. The fourth-order valence-electron chi connectivity index (χ4n) is 2.64. The summed E-state index contributed by atoms with van der Waals surface area (Å²) in [5.41, 5.74) is 2.14. The van der Waals surface area contributed by atoms with Crippen molar-refractivity contribution >= 4 is 10.9 Å². The first kappa shape index (κ1) is 13.1. The second-order valence-corrected chi connectivity index (χ2v) is 4.94. The van der Waals surface area contributed by atoms with Gasteiger partial charge in [-0.05, 0) is 12.0 Å². The van der Waals surface area contributed by atoms with Crippen LogP contribution in [0.3, 0.4) is 0 Å². The highest BCUT2D eigenvalue weighted by molar-refractivity contribution is 5.81. The number of benzene rings is 1. The monoisotopic (exact) mass is 246 g/mol. The molecule has 1 N–H and O–H groups in total. The minimum absolute atomic E-state index is 0.293. The average molecular weight is 246 g/mol. The zero-order chi connectivity index (χ0) is 13.1. The number of rotatable bonds is 5. The van der Waals surface area contributed by atoms with E-state index in [1.165, 1.54) is 0 Å². The van der Waals surface area contributed by atoms with E-state index in [1.807, 2.05) is 23.9 Å². The lowest BCUT2D eigenvalue weighted by Gasteiger charge is -2.19. The molecule has 1 aromatic heterocycles. The van der Waals surface area contributed by atoms with Crippen LogP contribution < -0.4 is 0 Å². The van der Waals surface area contributed by atoms with Crippen molar-refractivity contribution in [3.63, 3.8) is 0 Å². The second kappa shape index (κ2) is 5.53. The normalized spacial score (nSPS) is 13.4. The van der Waals surface area contributed by atoms with Crippen molar-refractivity contribution in [1.82, 2.24) is 9.78 Å². The molecule has 0 aliphatic heterocycles. The zero-order valence-electron chi connectivity index (χ0n) is 11.4. The molecule has 0 amide bonds. The van der Waals surface area contributed by atoms with E-state index in [2.05, 4.69) is 31.1 Å². The Morgan fingerprint density at radius 2 is 1.89 bits per heavy atom. The minimum Gasteiger partial charge on any atom is -0.392 e. The van der Waals surface area contributed by atoms with E-state index >= 15 is 0 Å². The minimum atomic E-state index is -0.293. The van der Waals surface area contributed by atoms with Crippen molar-refractivity contribution in [2.75, 3.05) is 0 Å². The Bertz CT molecular complexity index is 514. The van der Waals surface area contributed by atoms with Gasteiger partial charge in [-0.15, -0.1) is 0 Å². The van der Waals surface area contributed by atoms with Crippen LogP contribution in [-0.2, 0) is 13.5 Å². The lowest BCUT2D eigenvalue weighted by atomic mass is 9.93. The summed E-state index contributed by atoms with van der Waals surface area (Å²) >= 11 is 0. The molecule has 0 spiro atoms. The molecular weight excluding hydrogens is 224 g/mol. The third-order valence-electron chi connectivity index (χ3n) is 3.83. The number of aliphatic hydroxyl groups excluding tert-OH is 1. The quantitative estimate of drug-likeness (QED) is 0.881. The van der Waals surface area contributed by atoms with E-state index in [1.54, 1.807) is 0 Å². The number of para-hydroxylation sites is 1. The average Bonchev–Trinajstić information content (AvgIpc) is 2.69. The number of aliphatic hydroxyl groups is 1. The van der Waals surface area contributed by atoms with Gasteiger partial charge in [-0.25, -0.2) is 0 Å². The molecule has 3 heteroatoms. The Balaban J connectivity index is 2.27. The third kappa shape index (κ3) is 2.41. The SMILES string of the molecule is CCC(CC)C(O)Cc1nn(C)c2ccccc12. The van der Waals surface area contributed by atoms with Gasteiger partial charge in [-0.1, -0.05) is 44.9 Å². The molecule has 2 aromatic rings. The molecule has 1 aromatic carbocycles. The van der Waals surface area contributed by atoms with E-state index in [-0.39, 0.29) is 6.10 Å². The van der Waals surface area contributed by atoms with Gasteiger partial charge in [-0.3, -0.25) is 4.68 Å². The Morgan fingerprint density at radius 1 is 1.22 bits per heavy atom. The van der Waals surface area contributed by atoms with Crippen molar-refractivity contribution < 1.29 is 5.11 Å². The molecule has 1 atom stereocenters. The standard InChI is InChI=1S/C15H22N2O/c1-4-11(5-2)15(18)10-13-12-8-6-7-9-14(12)17(3)16-13/h6-9,11,15,18H,4-5,10H2,1-3H3. The van der Waals surface area contributed by atoms with Crippen LogP contribution in [0.15, 0.2) is 24.3 Å². The Hall–Kier alpha value is -1.35. The first-order valence-electron chi connectivity index (χ1n) is 6.76. The number of aromatic nitrogens is 2. The van der Waals surface area contributed by atoms with Crippen LogP contribution in [0.1, 0.15) is 32.4 Å². The predicted molar refractivity (Wildman–Crippen MR) is 74.5 cm³/mol. The number of nitrogens with zero attached hydrogens (tertiary/aromatic N) is 2. The van der Waals surface area contributed by atoms with Gasteiger partial charge in [0.15, 0.2) is 0 Å². The maximum atomic E-state index is 10.3. The van der Waals surface area contributed by atoms with Gasteiger partial charge in [0, 0.05) is 18.9 Å². The molecular formula is C15H22N2O. The van der Waals surface area contributed by atoms with Gasteiger partial charge in [0.25, 0.3) is 0 Å². The van der Waals surface area contributed by atoms with Crippen molar-refractivity contribution in [2.24, 2.45) is 13.0 Å².